The van der Waals surface area contributed by atoms with E-state index in [0.29, 0.717) is 5.92 Å². The summed E-state index contributed by atoms with van der Waals surface area (Å²) in [7, 11) is 0. The molecule has 3 rings (SSSR count). The first kappa shape index (κ1) is 11.8. The van der Waals surface area contributed by atoms with Gasteiger partial charge in [-0.15, -0.1) is 0 Å². The van der Waals surface area contributed by atoms with Crippen LogP contribution in [0.2, 0.25) is 0 Å². The van der Waals surface area contributed by atoms with E-state index in [0.717, 1.165) is 11.2 Å². The lowest BCUT2D eigenvalue weighted by Crippen LogP contribution is -2.15. The van der Waals surface area contributed by atoms with Crippen molar-refractivity contribution in [1.29, 1.82) is 0 Å². The Hall–Kier alpha value is -2.29. The minimum Gasteiger partial charge on any atom is -0.361 e. The number of nitrogens with one attached hydrogen (secondary N) is 1. The van der Waals surface area contributed by atoms with Crippen LogP contribution in [0.4, 0.5) is 0 Å². The van der Waals surface area contributed by atoms with Crippen LogP contribution in [0, 0.1) is 0 Å². The van der Waals surface area contributed by atoms with Crippen molar-refractivity contribution in [2.24, 2.45) is 0 Å². The molecule has 3 heteroatoms. The predicted octanol–water partition coefficient (Wildman–Crippen LogP) is 3.44. The van der Waals surface area contributed by atoms with Crippen LogP contribution in [0.5, 0.6) is 0 Å². The number of aromatic amines is 1. The van der Waals surface area contributed by atoms with E-state index in [2.05, 4.69) is 24.9 Å². The highest BCUT2D eigenvalue weighted by molar-refractivity contribution is 5.85. The molecule has 3 nitrogen and oxygen atoms in total. The molecular weight excluding hydrogens is 236 g/mol. The van der Waals surface area contributed by atoms with Crippen molar-refractivity contribution < 1.29 is 0 Å². The monoisotopic (exact) mass is 252 g/mol. The summed E-state index contributed by atoms with van der Waals surface area (Å²) in [4.78, 5) is 15.1. The number of rotatable bonds is 2. The minimum atomic E-state index is -0.0162. The summed E-state index contributed by atoms with van der Waals surface area (Å²) in [6.07, 6.45) is 3.84. The van der Waals surface area contributed by atoms with Gasteiger partial charge >= 0.3 is 0 Å². The molecule has 2 aromatic heterocycles. The van der Waals surface area contributed by atoms with E-state index in [4.69, 9.17) is 0 Å². The van der Waals surface area contributed by atoms with Crippen LogP contribution in [0.1, 0.15) is 25.3 Å². The lowest BCUT2D eigenvalue weighted by Gasteiger charge is -2.06. The number of nitrogens with zero attached hydrogens (tertiary/aromatic N) is 1. The summed E-state index contributed by atoms with van der Waals surface area (Å²) < 4.78 is 1.65. The van der Waals surface area contributed by atoms with Crippen molar-refractivity contribution in [3.63, 3.8) is 0 Å². The van der Waals surface area contributed by atoms with E-state index in [9.17, 15) is 4.79 Å². The molecule has 3 aromatic rings. The maximum Gasteiger partial charge on any atom is 0.255 e. The Morgan fingerprint density at radius 1 is 1.16 bits per heavy atom. The Morgan fingerprint density at radius 2 is 2.00 bits per heavy atom. The number of pyridine rings is 1. The summed E-state index contributed by atoms with van der Waals surface area (Å²) in [5, 5.41) is 1.22. The Labute approximate surface area is 111 Å². The van der Waals surface area contributed by atoms with Crippen LogP contribution < -0.4 is 5.56 Å². The molecule has 0 aliphatic carbocycles. The van der Waals surface area contributed by atoms with Crippen LogP contribution in [-0.4, -0.2) is 9.55 Å². The molecular formula is C16H16N2O. The molecule has 96 valence electrons. The number of fused-ring (bicyclic) bond motifs is 1. The van der Waals surface area contributed by atoms with Gasteiger partial charge in [-0.3, -0.25) is 9.36 Å². The Bertz CT molecular complexity index is 781. The van der Waals surface area contributed by atoms with E-state index in [1.165, 1.54) is 10.9 Å². The highest BCUT2D eigenvalue weighted by Crippen LogP contribution is 2.26. The maximum absolute atomic E-state index is 11.8. The summed E-state index contributed by atoms with van der Waals surface area (Å²) in [6, 6.07) is 11.3. The molecule has 0 aliphatic rings. The number of H-pyrrole nitrogens is 1. The number of hydrogen-bond donors (Lipinski definition) is 1. The molecule has 0 atom stereocenters. The van der Waals surface area contributed by atoms with Crippen LogP contribution in [-0.2, 0) is 0 Å². The Kier molecular flexibility index (Phi) is 2.75. The van der Waals surface area contributed by atoms with Gasteiger partial charge in [0, 0.05) is 29.4 Å². The quantitative estimate of drug-likeness (QED) is 0.745. The normalized spacial score (nSPS) is 11.3. The van der Waals surface area contributed by atoms with Crippen LogP contribution >= 0.6 is 0 Å². The molecule has 0 bridgehead atoms. The molecule has 0 amide bonds. The molecule has 0 aliphatic heterocycles. The fraction of sp³-hybridized carbons (Fsp3) is 0.188. The highest BCUT2D eigenvalue weighted by Gasteiger charge is 2.08. The fourth-order valence-corrected chi connectivity index (χ4v) is 2.40. The highest BCUT2D eigenvalue weighted by atomic mass is 16.1. The molecule has 0 unspecified atom stereocenters. The van der Waals surface area contributed by atoms with Gasteiger partial charge < -0.3 is 4.98 Å². The van der Waals surface area contributed by atoms with Gasteiger partial charge in [0.2, 0.25) is 0 Å². The number of aromatic nitrogens is 2. The lowest BCUT2D eigenvalue weighted by atomic mass is 10.0. The first-order valence-electron chi connectivity index (χ1n) is 6.46. The van der Waals surface area contributed by atoms with Gasteiger partial charge in [0.15, 0.2) is 0 Å². The molecule has 0 radical (unpaired) electrons. The number of benzene rings is 1. The van der Waals surface area contributed by atoms with Crippen molar-refractivity contribution in [3.8, 4) is 5.69 Å². The maximum atomic E-state index is 11.8. The van der Waals surface area contributed by atoms with E-state index < -0.39 is 0 Å². The standard InChI is InChI=1S/C16H16N2O/c1-11(2)14-10-17-15-9-12(6-7-13(14)15)18-8-4-3-5-16(18)19/h3-11,17H,1-2H3. The largest absolute Gasteiger partial charge is 0.361 e. The molecule has 0 spiro atoms. The summed E-state index contributed by atoms with van der Waals surface area (Å²) in [5.74, 6) is 0.485. The Morgan fingerprint density at radius 3 is 2.74 bits per heavy atom. The van der Waals surface area contributed by atoms with Crippen LogP contribution in [0.25, 0.3) is 16.6 Å². The fourth-order valence-electron chi connectivity index (χ4n) is 2.40. The predicted molar refractivity (Wildman–Crippen MR) is 78.0 cm³/mol. The van der Waals surface area contributed by atoms with Gasteiger partial charge in [-0.05, 0) is 29.7 Å². The van der Waals surface area contributed by atoms with E-state index >= 15 is 0 Å². The van der Waals surface area contributed by atoms with Crippen molar-refractivity contribution in [1.82, 2.24) is 9.55 Å². The first-order valence-corrected chi connectivity index (χ1v) is 6.46. The topological polar surface area (TPSA) is 37.8 Å². The summed E-state index contributed by atoms with van der Waals surface area (Å²) in [5.41, 5.74) is 3.24. The first-order chi connectivity index (χ1) is 9.16. The zero-order chi connectivity index (χ0) is 13.4. The molecule has 0 fully saturated rings. The molecule has 1 N–H and O–H groups in total. The second-order valence-electron chi connectivity index (χ2n) is 5.04. The molecule has 1 aromatic carbocycles. The van der Waals surface area contributed by atoms with Crippen molar-refractivity contribution >= 4 is 10.9 Å². The van der Waals surface area contributed by atoms with Crippen LogP contribution in [0.3, 0.4) is 0 Å². The third kappa shape index (κ3) is 1.97. The second-order valence-corrected chi connectivity index (χ2v) is 5.04. The zero-order valence-corrected chi connectivity index (χ0v) is 11.1. The minimum absolute atomic E-state index is 0.0162. The van der Waals surface area contributed by atoms with Crippen molar-refractivity contribution in [2.75, 3.05) is 0 Å². The van der Waals surface area contributed by atoms with E-state index in [-0.39, 0.29) is 5.56 Å². The van der Waals surface area contributed by atoms with Crippen molar-refractivity contribution in [3.05, 3.63) is 64.7 Å². The average molecular weight is 252 g/mol. The molecule has 2 heterocycles. The Balaban J connectivity index is 2.18. The van der Waals surface area contributed by atoms with Gasteiger partial charge in [-0.1, -0.05) is 26.0 Å². The van der Waals surface area contributed by atoms with E-state index in [1.807, 2.05) is 24.4 Å². The smallest absolute Gasteiger partial charge is 0.255 e. The SMILES string of the molecule is CC(C)c1c[nH]c2cc(-n3ccccc3=O)ccc12. The third-order valence-corrected chi connectivity index (χ3v) is 3.42. The molecule has 19 heavy (non-hydrogen) atoms. The van der Waals surface area contributed by atoms with Gasteiger partial charge in [-0.2, -0.15) is 0 Å². The van der Waals surface area contributed by atoms with Gasteiger partial charge in [-0.25, -0.2) is 0 Å². The van der Waals surface area contributed by atoms with Crippen molar-refractivity contribution in [2.45, 2.75) is 19.8 Å². The zero-order valence-electron chi connectivity index (χ0n) is 11.1. The third-order valence-electron chi connectivity index (χ3n) is 3.42. The molecule has 0 saturated heterocycles. The second kappa shape index (κ2) is 4.43. The number of hydrogen-bond acceptors (Lipinski definition) is 1. The van der Waals surface area contributed by atoms with E-state index in [1.54, 1.807) is 22.9 Å². The van der Waals surface area contributed by atoms with Gasteiger partial charge in [0.05, 0.1) is 5.69 Å². The van der Waals surface area contributed by atoms with Gasteiger partial charge in [0.25, 0.3) is 5.56 Å². The van der Waals surface area contributed by atoms with Crippen LogP contribution in [0.15, 0.2) is 53.6 Å². The average Bonchev–Trinajstić information content (AvgIpc) is 2.82. The summed E-state index contributed by atoms with van der Waals surface area (Å²) >= 11 is 0. The summed E-state index contributed by atoms with van der Waals surface area (Å²) in [6.45, 7) is 4.36. The van der Waals surface area contributed by atoms with Gasteiger partial charge in [0.1, 0.15) is 0 Å². The lowest BCUT2D eigenvalue weighted by molar-refractivity contribution is 0.875. The molecule has 0 saturated carbocycles.